The smallest absolute Gasteiger partial charge is 0.322 e. The first-order chi connectivity index (χ1) is 16.1. The number of urea groups is 1. The number of hydrogen-bond donors (Lipinski definition) is 2. The Balaban J connectivity index is 1.33. The molecule has 0 radical (unpaired) electrons. The molecule has 1 spiro atoms. The summed E-state index contributed by atoms with van der Waals surface area (Å²) in [7, 11) is 1.64. The Kier molecular flexibility index (Phi) is 4.59. The number of anilines is 1. The second-order valence-corrected chi connectivity index (χ2v) is 9.10. The van der Waals surface area contributed by atoms with Crippen molar-refractivity contribution in [1.29, 1.82) is 0 Å². The first kappa shape index (κ1) is 20.1. The maximum absolute atomic E-state index is 13.3. The number of fused-ring (bicyclic) bond motifs is 1. The molecule has 6 rings (SSSR count). The lowest BCUT2D eigenvalue weighted by molar-refractivity contribution is 0.0824. The highest BCUT2D eigenvalue weighted by atomic mass is 16.5. The number of amides is 2. The number of carbonyl (C=O) groups is 1. The van der Waals surface area contributed by atoms with Crippen molar-refractivity contribution in [3.05, 3.63) is 77.9 Å². The van der Waals surface area contributed by atoms with Crippen molar-refractivity contribution >= 4 is 22.5 Å². The summed E-state index contributed by atoms with van der Waals surface area (Å²) in [6, 6.07) is 17.9. The van der Waals surface area contributed by atoms with Crippen molar-refractivity contribution in [2.75, 3.05) is 19.0 Å². The third kappa shape index (κ3) is 3.16. The summed E-state index contributed by atoms with van der Waals surface area (Å²) < 4.78 is 11.9. The van der Waals surface area contributed by atoms with Gasteiger partial charge in [-0.2, -0.15) is 0 Å². The number of aliphatic hydroxyl groups excluding tert-OH is 1. The molecule has 3 aliphatic rings. The van der Waals surface area contributed by atoms with Crippen LogP contribution in [0.25, 0.3) is 10.8 Å². The Labute approximate surface area is 192 Å². The van der Waals surface area contributed by atoms with Gasteiger partial charge < -0.3 is 24.8 Å². The van der Waals surface area contributed by atoms with Gasteiger partial charge in [0.2, 0.25) is 0 Å². The number of methoxy groups -OCH3 is 1. The number of nitrogens with zero attached hydrogens (tertiary/aromatic N) is 1. The van der Waals surface area contributed by atoms with Gasteiger partial charge in [-0.1, -0.05) is 48.6 Å². The molecule has 6 nitrogen and oxygen atoms in total. The monoisotopic (exact) mass is 442 g/mol. The minimum atomic E-state index is -0.528. The molecule has 2 N–H and O–H groups in total. The molecule has 168 valence electrons. The molecule has 0 saturated carbocycles. The quantitative estimate of drug-likeness (QED) is 0.569. The SMILES string of the molecule is COc1ccc2c3c1OC1C[C@@H](O)C=CC31CCN(C(=O)Nc1ccc3ccccc3c1)C2. The van der Waals surface area contributed by atoms with Crippen LogP contribution in [-0.4, -0.2) is 41.9 Å². The predicted octanol–water partition coefficient (Wildman–Crippen LogP) is 4.61. The molecule has 2 amide bonds. The molecular weight excluding hydrogens is 416 g/mol. The first-order valence-electron chi connectivity index (χ1n) is 11.4. The molecule has 0 bridgehead atoms. The van der Waals surface area contributed by atoms with Crippen LogP contribution >= 0.6 is 0 Å². The Hall–Kier alpha value is -3.51. The molecule has 2 heterocycles. The van der Waals surface area contributed by atoms with Gasteiger partial charge in [-0.15, -0.1) is 0 Å². The van der Waals surface area contributed by atoms with Gasteiger partial charge in [0.05, 0.1) is 18.6 Å². The van der Waals surface area contributed by atoms with Crippen molar-refractivity contribution in [1.82, 2.24) is 4.90 Å². The van der Waals surface area contributed by atoms with Gasteiger partial charge >= 0.3 is 6.03 Å². The molecular formula is C27H26N2O4. The van der Waals surface area contributed by atoms with E-state index in [0.717, 1.165) is 39.8 Å². The Morgan fingerprint density at radius 3 is 2.88 bits per heavy atom. The van der Waals surface area contributed by atoms with Crippen molar-refractivity contribution in [3.8, 4) is 11.5 Å². The van der Waals surface area contributed by atoms with E-state index in [4.69, 9.17) is 9.47 Å². The van der Waals surface area contributed by atoms with E-state index < -0.39 is 6.10 Å². The fourth-order valence-electron chi connectivity index (χ4n) is 5.58. The highest BCUT2D eigenvalue weighted by Crippen LogP contribution is 2.55. The summed E-state index contributed by atoms with van der Waals surface area (Å²) in [6.07, 6.45) is 4.50. The summed E-state index contributed by atoms with van der Waals surface area (Å²) in [4.78, 5) is 15.2. The van der Waals surface area contributed by atoms with Gasteiger partial charge in [0.1, 0.15) is 6.10 Å². The van der Waals surface area contributed by atoms with Crippen molar-refractivity contribution < 1.29 is 19.4 Å². The molecule has 2 aliphatic heterocycles. The summed E-state index contributed by atoms with van der Waals surface area (Å²) in [6.45, 7) is 1.07. The van der Waals surface area contributed by atoms with E-state index in [9.17, 15) is 9.90 Å². The fourth-order valence-corrected chi connectivity index (χ4v) is 5.58. The van der Waals surface area contributed by atoms with Crippen LogP contribution in [0.1, 0.15) is 24.0 Å². The topological polar surface area (TPSA) is 71.0 Å². The van der Waals surface area contributed by atoms with E-state index in [1.807, 2.05) is 59.5 Å². The number of ether oxygens (including phenoxy) is 2. The largest absolute Gasteiger partial charge is 0.493 e. The van der Waals surface area contributed by atoms with Crippen LogP contribution < -0.4 is 14.8 Å². The molecule has 0 fully saturated rings. The zero-order valence-corrected chi connectivity index (χ0v) is 18.5. The van der Waals surface area contributed by atoms with Gasteiger partial charge in [0.25, 0.3) is 0 Å². The fraction of sp³-hybridized carbons (Fsp3) is 0.296. The highest BCUT2D eigenvalue weighted by molar-refractivity contribution is 5.93. The van der Waals surface area contributed by atoms with Crippen LogP contribution in [0.5, 0.6) is 11.5 Å². The van der Waals surface area contributed by atoms with Gasteiger partial charge in [0.15, 0.2) is 11.5 Å². The number of benzene rings is 3. The third-order valence-electron chi connectivity index (χ3n) is 7.24. The number of nitrogens with one attached hydrogen (secondary N) is 1. The summed E-state index contributed by atoms with van der Waals surface area (Å²) >= 11 is 0. The molecule has 1 aliphatic carbocycles. The second kappa shape index (κ2) is 7.52. The van der Waals surface area contributed by atoms with Crippen LogP contribution in [0.3, 0.4) is 0 Å². The van der Waals surface area contributed by atoms with Gasteiger partial charge in [0, 0.05) is 30.8 Å². The molecule has 33 heavy (non-hydrogen) atoms. The highest BCUT2D eigenvalue weighted by Gasteiger charge is 2.53. The van der Waals surface area contributed by atoms with Crippen molar-refractivity contribution in [3.63, 3.8) is 0 Å². The van der Waals surface area contributed by atoms with Gasteiger partial charge in [-0.05, 0) is 41.0 Å². The average Bonchev–Trinajstić information content (AvgIpc) is 3.06. The Bertz CT molecular complexity index is 1290. The number of hydrogen-bond acceptors (Lipinski definition) is 4. The molecule has 3 aromatic rings. The van der Waals surface area contributed by atoms with Crippen LogP contribution in [0.4, 0.5) is 10.5 Å². The molecule has 0 saturated heterocycles. The minimum absolute atomic E-state index is 0.122. The van der Waals surface area contributed by atoms with Crippen LogP contribution in [0.15, 0.2) is 66.7 Å². The number of carbonyl (C=O) groups excluding carboxylic acids is 1. The summed E-state index contributed by atoms with van der Waals surface area (Å²) in [5.74, 6) is 1.44. The zero-order chi connectivity index (χ0) is 22.6. The standard InChI is InChI=1S/C27H26N2O4/c1-32-22-9-7-19-16-29(26(31)28-20-8-6-17-4-2-3-5-18(17)14-20)13-12-27-11-10-21(30)15-23(27)33-25(22)24(19)27/h2-11,14,21,23,30H,12-13,15-16H2,1H3,(H,28,31)/t21-,23?,27?/m0/s1. The van der Waals surface area contributed by atoms with E-state index in [0.29, 0.717) is 25.3 Å². The lowest BCUT2D eigenvalue weighted by atomic mass is 9.69. The van der Waals surface area contributed by atoms with E-state index in [1.54, 1.807) is 7.11 Å². The van der Waals surface area contributed by atoms with E-state index in [-0.39, 0.29) is 17.6 Å². The van der Waals surface area contributed by atoms with Crippen molar-refractivity contribution in [2.45, 2.75) is 37.0 Å². The predicted molar refractivity (Wildman–Crippen MR) is 127 cm³/mol. The van der Waals surface area contributed by atoms with E-state index in [1.165, 1.54) is 0 Å². The number of rotatable bonds is 2. The average molecular weight is 443 g/mol. The first-order valence-corrected chi connectivity index (χ1v) is 11.4. The molecule has 0 aromatic heterocycles. The number of aliphatic hydroxyl groups is 1. The van der Waals surface area contributed by atoms with Gasteiger partial charge in [-0.25, -0.2) is 4.79 Å². The summed E-state index contributed by atoms with van der Waals surface area (Å²) in [5.41, 5.74) is 2.56. The van der Waals surface area contributed by atoms with Crippen LogP contribution in [0.2, 0.25) is 0 Å². The zero-order valence-electron chi connectivity index (χ0n) is 18.5. The lowest BCUT2D eigenvalue weighted by Gasteiger charge is -2.35. The molecule has 6 heteroatoms. The maximum Gasteiger partial charge on any atom is 0.322 e. The lowest BCUT2D eigenvalue weighted by Crippen LogP contribution is -2.43. The minimum Gasteiger partial charge on any atom is -0.493 e. The van der Waals surface area contributed by atoms with Crippen molar-refractivity contribution in [2.24, 2.45) is 0 Å². The Morgan fingerprint density at radius 1 is 1.18 bits per heavy atom. The molecule has 3 aromatic carbocycles. The second-order valence-electron chi connectivity index (χ2n) is 9.10. The van der Waals surface area contributed by atoms with Crippen LogP contribution in [0, 0.1) is 0 Å². The van der Waals surface area contributed by atoms with Crippen LogP contribution in [-0.2, 0) is 12.0 Å². The maximum atomic E-state index is 13.3. The van der Waals surface area contributed by atoms with Gasteiger partial charge in [-0.3, -0.25) is 0 Å². The van der Waals surface area contributed by atoms with E-state index in [2.05, 4.69) is 17.5 Å². The Morgan fingerprint density at radius 2 is 2.03 bits per heavy atom. The molecule has 3 atom stereocenters. The molecule has 2 unspecified atom stereocenters. The normalized spacial score (nSPS) is 25.1. The summed E-state index contributed by atoms with van der Waals surface area (Å²) in [5, 5.41) is 15.5. The van der Waals surface area contributed by atoms with E-state index >= 15 is 0 Å². The third-order valence-corrected chi connectivity index (χ3v) is 7.24.